The molecule has 5 heteroatoms. The summed E-state index contributed by atoms with van der Waals surface area (Å²) in [5.41, 5.74) is 6.76. The normalized spacial score (nSPS) is 21.2. The zero-order valence-corrected chi connectivity index (χ0v) is 21.3. The molecular weight excluding hydrogens is 448 g/mol. The third-order valence-electron chi connectivity index (χ3n) is 8.70. The molecule has 3 aromatic rings. The standard InChI is InChI=1S/C31H38N2O3/c34-31(35)23-14-15-26-27(21-23)33-18-8-13-28(36-20-19-32-16-6-7-17-32)24-11-4-5-12-25(24)30(33)29(26)22-9-2-1-3-10-22/h4-5,11-12,14-15,21-22,28H,1-3,6-10,13,16-20H2,(H,34,35). The highest BCUT2D eigenvalue weighted by molar-refractivity contribution is 5.98. The number of likely N-dealkylation sites (tertiary alicyclic amines) is 1. The second-order valence-electron chi connectivity index (χ2n) is 10.9. The van der Waals surface area contributed by atoms with Crippen LogP contribution in [0.5, 0.6) is 0 Å². The lowest BCUT2D eigenvalue weighted by molar-refractivity contribution is 0.0327. The number of benzene rings is 2. The van der Waals surface area contributed by atoms with Crippen LogP contribution < -0.4 is 0 Å². The second kappa shape index (κ2) is 10.4. The Morgan fingerprint density at radius 3 is 2.53 bits per heavy atom. The molecule has 3 heterocycles. The van der Waals surface area contributed by atoms with Gasteiger partial charge in [0.1, 0.15) is 0 Å². The minimum Gasteiger partial charge on any atom is -0.478 e. The van der Waals surface area contributed by atoms with Crippen LogP contribution in [0.1, 0.15) is 91.3 Å². The van der Waals surface area contributed by atoms with Crippen molar-refractivity contribution in [3.63, 3.8) is 0 Å². The maximum Gasteiger partial charge on any atom is 0.335 e. The fraction of sp³-hybridized carbons (Fsp3) is 0.516. The topological polar surface area (TPSA) is 54.7 Å². The molecule has 5 nitrogen and oxygen atoms in total. The molecule has 190 valence electrons. The van der Waals surface area contributed by atoms with E-state index in [1.165, 1.54) is 85.8 Å². The highest BCUT2D eigenvalue weighted by Crippen LogP contribution is 2.47. The average Bonchev–Trinajstić information content (AvgIpc) is 3.53. The van der Waals surface area contributed by atoms with Crippen LogP contribution in [0.2, 0.25) is 0 Å². The van der Waals surface area contributed by atoms with Crippen molar-refractivity contribution in [3.05, 3.63) is 59.2 Å². The first-order chi connectivity index (χ1) is 17.7. The molecule has 1 saturated carbocycles. The maximum absolute atomic E-state index is 11.9. The summed E-state index contributed by atoms with van der Waals surface area (Å²) in [6, 6.07) is 14.6. The Balaban J connectivity index is 1.45. The van der Waals surface area contributed by atoms with Gasteiger partial charge in [-0.3, -0.25) is 0 Å². The van der Waals surface area contributed by atoms with Crippen molar-refractivity contribution >= 4 is 16.9 Å². The molecule has 36 heavy (non-hydrogen) atoms. The number of hydrogen-bond donors (Lipinski definition) is 1. The molecule has 1 atom stereocenters. The van der Waals surface area contributed by atoms with Crippen molar-refractivity contribution in [1.82, 2.24) is 9.47 Å². The number of carboxylic acid groups (broad SMARTS) is 1. The van der Waals surface area contributed by atoms with E-state index in [0.717, 1.165) is 38.1 Å². The molecule has 1 unspecified atom stereocenters. The Kier molecular flexibility index (Phi) is 6.85. The van der Waals surface area contributed by atoms with Gasteiger partial charge in [-0.15, -0.1) is 0 Å². The number of hydrogen-bond acceptors (Lipinski definition) is 3. The van der Waals surface area contributed by atoms with Gasteiger partial charge in [0.25, 0.3) is 0 Å². The highest BCUT2D eigenvalue weighted by atomic mass is 16.5. The zero-order valence-electron chi connectivity index (χ0n) is 21.3. The largest absolute Gasteiger partial charge is 0.478 e. The van der Waals surface area contributed by atoms with Crippen LogP contribution in [0.3, 0.4) is 0 Å². The molecule has 0 radical (unpaired) electrons. The Hall–Kier alpha value is -2.63. The zero-order chi connectivity index (χ0) is 24.5. The monoisotopic (exact) mass is 486 g/mol. The van der Waals surface area contributed by atoms with Gasteiger partial charge in [-0.05, 0) is 80.8 Å². The van der Waals surface area contributed by atoms with Gasteiger partial charge in [0.05, 0.1) is 24.0 Å². The summed E-state index contributed by atoms with van der Waals surface area (Å²) in [6.07, 6.45) is 11.0. The molecule has 0 spiro atoms. The maximum atomic E-state index is 11.9. The second-order valence-corrected chi connectivity index (χ2v) is 10.9. The molecule has 1 N–H and O–H groups in total. The van der Waals surface area contributed by atoms with Gasteiger partial charge in [-0.1, -0.05) is 49.6 Å². The van der Waals surface area contributed by atoms with Crippen molar-refractivity contribution in [2.75, 3.05) is 26.2 Å². The van der Waals surface area contributed by atoms with Crippen LogP contribution >= 0.6 is 0 Å². The van der Waals surface area contributed by atoms with E-state index in [2.05, 4.69) is 39.8 Å². The molecule has 1 aliphatic carbocycles. The van der Waals surface area contributed by atoms with Gasteiger partial charge < -0.3 is 19.3 Å². The quantitative estimate of drug-likeness (QED) is 0.407. The van der Waals surface area contributed by atoms with Crippen molar-refractivity contribution in [1.29, 1.82) is 0 Å². The number of aromatic carboxylic acids is 1. The molecule has 0 bridgehead atoms. The van der Waals surface area contributed by atoms with Gasteiger partial charge in [-0.25, -0.2) is 4.79 Å². The summed E-state index contributed by atoms with van der Waals surface area (Å²) >= 11 is 0. The van der Waals surface area contributed by atoms with Gasteiger partial charge in [0.15, 0.2) is 0 Å². The first-order valence-electron chi connectivity index (χ1n) is 14.0. The van der Waals surface area contributed by atoms with Crippen LogP contribution in [0.15, 0.2) is 42.5 Å². The van der Waals surface area contributed by atoms with Crippen molar-refractivity contribution in [2.24, 2.45) is 0 Å². The van der Waals surface area contributed by atoms with Crippen molar-refractivity contribution in [2.45, 2.75) is 76.4 Å². The first kappa shape index (κ1) is 23.7. The molecule has 1 aromatic heterocycles. The molecule has 2 aromatic carbocycles. The lowest BCUT2D eigenvalue weighted by atomic mass is 9.81. The summed E-state index contributed by atoms with van der Waals surface area (Å²) in [6.45, 7) is 5.09. The van der Waals surface area contributed by atoms with Gasteiger partial charge in [0.2, 0.25) is 0 Å². The molecule has 1 saturated heterocycles. The smallest absolute Gasteiger partial charge is 0.335 e. The van der Waals surface area contributed by atoms with Crippen molar-refractivity contribution in [3.8, 4) is 11.3 Å². The third kappa shape index (κ3) is 4.48. The minimum absolute atomic E-state index is 0.101. The Labute approximate surface area is 214 Å². The number of carboxylic acids is 1. The summed E-state index contributed by atoms with van der Waals surface area (Å²) < 4.78 is 9.04. The summed E-state index contributed by atoms with van der Waals surface area (Å²) in [4.78, 5) is 14.4. The summed E-state index contributed by atoms with van der Waals surface area (Å²) in [7, 11) is 0. The van der Waals surface area contributed by atoms with E-state index in [0.29, 0.717) is 11.5 Å². The van der Waals surface area contributed by atoms with E-state index in [1.54, 1.807) is 6.07 Å². The molecule has 0 amide bonds. The van der Waals surface area contributed by atoms with E-state index in [-0.39, 0.29) is 6.10 Å². The van der Waals surface area contributed by atoms with Crippen molar-refractivity contribution < 1.29 is 14.6 Å². The van der Waals surface area contributed by atoms with E-state index < -0.39 is 5.97 Å². The predicted octanol–water partition coefficient (Wildman–Crippen LogP) is 7.00. The van der Waals surface area contributed by atoms with E-state index in [1.807, 2.05) is 6.07 Å². The Bertz CT molecular complexity index is 1230. The Morgan fingerprint density at radius 1 is 0.917 bits per heavy atom. The van der Waals surface area contributed by atoms with E-state index in [9.17, 15) is 9.90 Å². The van der Waals surface area contributed by atoms with Gasteiger partial charge in [0, 0.05) is 29.6 Å². The minimum atomic E-state index is -0.857. The number of rotatable bonds is 6. The number of aromatic nitrogens is 1. The van der Waals surface area contributed by atoms with Gasteiger partial charge >= 0.3 is 5.97 Å². The fourth-order valence-corrected chi connectivity index (χ4v) is 6.92. The average molecular weight is 487 g/mol. The SMILES string of the molecule is O=C(O)c1ccc2c(C3CCCCC3)c3n(c2c1)CCCC(OCCN1CCCC1)c1ccccc1-3. The molecule has 2 fully saturated rings. The van der Waals surface area contributed by atoms with Crippen LogP contribution in [0, 0.1) is 0 Å². The molecule has 3 aliphatic rings. The third-order valence-corrected chi connectivity index (χ3v) is 8.70. The van der Waals surface area contributed by atoms with E-state index in [4.69, 9.17) is 4.74 Å². The first-order valence-corrected chi connectivity index (χ1v) is 14.0. The molecular formula is C31H38N2O3. The number of nitrogens with zero attached hydrogens (tertiary/aromatic N) is 2. The number of ether oxygens (including phenoxy) is 1. The molecule has 2 aliphatic heterocycles. The number of fused-ring (bicyclic) bond motifs is 5. The van der Waals surface area contributed by atoms with Crippen LogP contribution in [0.4, 0.5) is 0 Å². The summed E-state index contributed by atoms with van der Waals surface area (Å²) in [5, 5.41) is 11.0. The number of carbonyl (C=O) groups is 1. The van der Waals surface area contributed by atoms with Crippen LogP contribution in [-0.2, 0) is 11.3 Å². The molecule has 6 rings (SSSR count). The van der Waals surface area contributed by atoms with Crippen LogP contribution in [0.25, 0.3) is 22.2 Å². The number of aryl methyl sites for hydroxylation is 1. The lowest BCUT2D eigenvalue weighted by Crippen LogP contribution is -2.25. The Morgan fingerprint density at radius 2 is 1.72 bits per heavy atom. The van der Waals surface area contributed by atoms with Crippen LogP contribution in [-0.4, -0.2) is 46.8 Å². The van der Waals surface area contributed by atoms with Gasteiger partial charge in [-0.2, -0.15) is 0 Å². The summed E-state index contributed by atoms with van der Waals surface area (Å²) in [5.74, 6) is -0.334. The fourth-order valence-electron chi connectivity index (χ4n) is 6.92. The lowest BCUT2D eigenvalue weighted by Gasteiger charge is -2.28. The highest BCUT2D eigenvalue weighted by Gasteiger charge is 2.30. The predicted molar refractivity (Wildman–Crippen MR) is 144 cm³/mol. The van der Waals surface area contributed by atoms with E-state index >= 15 is 0 Å².